The van der Waals surface area contributed by atoms with Crippen LogP contribution in [0.4, 0.5) is 0 Å². The summed E-state index contributed by atoms with van der Waals surface area (Å²) in [4.78, 5) is 14.5. The smallest absolute Gasteiger partial charge is 0.244 e. The number of benzene rings is 2. The molecule has 1 amide bonds. The number of amides is 1. The predicted molar refractivity (Wildman–Crippen MR) is 119 cm³/mol. The van der Waals surface area contributed by atoms with E-state index in [0.717, 1.165) is 11.3 Å². The molecule has 0 atom stereocenters. The number of piperazine rings is 1. The standard InChI is InChI=1S/C22H23ClN4O3S/c23-20-8-4-5-9-21(20)31(29,30)26-14-12-25(13-15-26)22(28)11-10-18-16-24-27(17-18)19-6-2-1-3-7-19/h1-9,16-17H,10-15H2. The Morgan fingerprint density at radius 2 is 1.65 bits per heavy atom. The van der Waals surface area contributed by atoms with Gasteiger partial charge >= 0.3 is 0 Å². The summed E-state index contributed by atoms with van der Waals surface area (Å²) in [5, 5.41) is 4.56. The van der Waals surface area contributed by atoms with Crippen LogP contribution in [-0.4, -0.2) is 59.5 Å². The van der Waals surface area contributed by atoms with Crippen LogP contribution in [0.3, 0.4) is 0 Å². The number of carbonyl (C=O) groups excluding carboxylic acids is 1. The van der Waals surface area contributed by atoms with Gasteiger partial charge in [0.25, 0.3) is 0 Å². The number of sulfonamides is 1. The Labute approximate surface area is 186 Å². The summed E-state index contributed by atoms with van der Waals surface area (Å²) in [6, 6.07) is 16.2. The summed E-state index contributed by atoms with van der Waals surface area (Å²) in [6.45, 7) is 1.24. The minimum atomic E-state index is -3.67. The molecule has 2 heterocycles. The number of halogens is 1. The zero-order valence-electron chi connectivity index (χ0n) is 16.9. The second-order valence-electron chi connectivity index (χ2n) is 7.34. The summed E-state index contributed by atoms with van der Waals surface area (Å²) in [7, 11) is -3.67. The molecule has 162 valence electrons. The largest absolute Gasteiger partial charge is 0.340 e. The van der Waals surface area contributed by atoms with Crippen molar-refractivity contribution in [1.29, 1.82) is 0 Å². The highest BCUT2D eigenvalue weighted by molar-refractivity contribution is 7.89. The van der Waals surface area contributed by atoms with E-state index >= 15 is 0 Å². The third-order valence-electron chi connectivity index (χ3n) is 5.33. The van der Waals surface area contributed by atoms with E-state index in [1.54, 1.807) is 34.0 Å². The van der Waals surface area contributed by atoms with E-state index in [2.05, 4.69) is 5.10 Å². The second-order valence-corrected chi connectivity index (χ2v) is 9.66. The highest BCUT2D eigenvalue weighted by atomic mass is 35.5. The average Bonchev–Trinajstić information content (AvgIpc) is 3.27. The second kappa shape index (κ2) is 9.21. The first-order chi connectivity index (χ1) is 14.9. The van der Waals surface area contributed by atoms with Crippen molar-refractivity contribution in [2.45, 2.75) is 17.7 Å². The zero-order valence-corrected chi connectivity index (χ0v) is 18.5. The van der Waals surface area contributed by atoms with Gasteiger partial charge in [-0.2, -0.15) is 9.40 Å². The lowest BCUT2D eigenvalue weighted by molar-refractivity contribution is -0.132. The molecule has 0 radical (unpaired) electrons. The van der Waals surface area contributed by atoms with Crippen LogP contribution >= 0.6 is 11.6 Å². The lowest BCUT2D eigenvalue weighted by Gasteiger charge is -2.34. The summed E-state index contributed by atoms with van der Waals surface area (Å²) in [6.07, 6.45) is 4.65. The van der Waals surface area contributed by atoms with Crippen LogP contribution in [0, 0.1) is 0 Å². The van der Waals surface area contributed by atoms with Crippen molar-refractivity contribution in [3.63, 3.8) is 0 Å². The fourth-order valence-corrected chi connectivity index (χ4v) is 5.51. The lowest BCUT2D eigenvalue weighted by atomic mass is 10.2. The Bertz CT molecular complexity index is 1160. The molecule has 0 bridgehead atoms. The van der Waals surface area contributed by atoms with Crippen LogP contribution in [0.1, 0.15) is 12.0 Å². The van der Waals surface area contributed by atoms with Gasteiger partial charge in [-0.3, -0.25) is 4.79 Å². The fourth-order valence-electron chi connectivity index (χ4n) is 3.59. The normalized spacial score (nSPS) is 15.2. The van der Waals surface area contributed by atoms with E-state index < -0.39 is 10.0 Å². The summed E-state index contributed by atoms with van der Waals surface area (Å²) in [5.74, 6) is 0.0160. The molecule has 1 aliphatic rings. The van der Waals surface area contributed by atoms with Crippen LogP contribution in [0.25, 0.3) is 5.69 Å². The van der Waals surface area contributed by atoms with Crippen LogP contribution in [-0.2, 0) is 21.2 Å². The number of nitrogens with zero attached hydrogens (tertiary/aromatic N) is 4. The molecule has 2 aromatic carbocycles. The molecule has 31 heavy (non-hydrogen) atoms. The van der Waals surface area contributed by atoms with Gasteiger partial charge in [-0.1, -0.05) is 41.9 Å². The third-order valence-corrected chi connectivity index (χ3v) is 7.73. The van der Waals surface area contributed by atoms with Crippen LogP contribution in [0.15, 0.2) is 71.9 Å². The van der Waals surface area contributed by atoms with Crippen molar-refractivity contribution in [1.82, 2.24) is 19.0 Å². The maximum absolute atomic E-state index is 12.8. The number of para-hydroxylation sites is 1. The fraction of sp³-hybridized carbons (Fsp3) is 0.273. The molecule has 0 saturated carbocycles. The molecular weight excluding hydrogens is 436 g/mol. The summed E-state index contributed by atoms with van der Waals surface area (Å²) in [5.41, 5.74) is 1.95. The number of aryl methyl sites for hydroxylation is 1. The maximum atomic E-state index is 12.8. The third kappa shape index (κ3) is 4.81. The molecule has 0 spiro atoms. The highest BCUT2D eigenvalue weighted by Crippen LogP contribution is 2.25. The first-order valence-electron chi connectivity index (χ1n) is 10.1. The number of hydrogen-bond acceptors (Lipinski definition) is 4. The average molecular weight is 459 g/mol. The van der Waals surface area contributed by atoms with Gasteiger partial charge in [0, 0.05) is 38.8 Å². The van der Waals surface area contributed by atoms with Gasteiger partial charge in [-0.05, 0) is 36.2 Å². The molecule has 0 aliphatic carbocycles. The number of rotatable bonds is 6. The quantitative estimate of drug-likeness (QED) is 0.569. The lowest BCUT2D eigenvalue weighted by Crippen LogP contribution is -2.50. The van der Waals surface area contributed by atoms with Crippen molar-refractivity contribution >= 4 is 27.5 Å². The number of hydrogen-bond donors (Lipinski definition) is 0. The minimum absolute atomic E-state index is 0.0160. The SMILES string of the molecule is O=C(CCc1cnn(-c2ccccc2)c1)N1CCN(S(=O)(=O)c2ccccc2Cl)CC1. The van der Waals surface area contributed by atoms with E-state index in [1.807, 2.05) is 36.5 Å². The molecule has 4 rings (SSSR count). The van der Waals surface area contributed by atoms with Gasteiger partial charge in [0.2, 0.25) is 15.9 Å². The minimum Gasteiger partial charge on any atom is -0.340 e. The van der Waals surface area contributed by atoms with Gasteiger partial charge in [-0.15, -0.1) is 0 Å². The van der Waals surface area contributed by atoms with E-state index in [1.165, 1.54) is 10.4 Å². The molecule has 0 N–H and O–H groups in total. The van der Waals surface area contributed by atoms with Crippen molar-refractivity contribution in [3.05, 3.63) is 77.6 Å². The molecule has 0 unspecified atom stereocenters. The van der Waals surface area contributed by atoms with Gasteiger partial charge in [-0.25, -0.2) is 13.1 Å². The van der Waals surface area contributed by atoms with E-state index in [-0.39, 0.29) is 28.9 Å². The molecule has 1 aliphatic heterocycles. The number of carbonyl (C=O) groups is 1. The Balaban J connectivity index is 1.31. The Morgan fingerprint density at radius 3 is 2.35 bits per heavy atom. The Morgan fingerprint density at radius 1 is 0.968 bits per heavy atom. The molecule has 3 aromatic rings. The van der Waals surface area contributed by atoms with Gasteiger partial charge in [0.1, 0.15) is 4.90 Å². The van der Waals surface area contributed by atoms with E-state index in [0.29, 0.717) is 25.9 Å². The van der Waals surface area contributed by atoms with E-state index in [9.17, 15) is 13.2 Å². The molecular formula is C22H23ClN4O3S. The first kappa shape index (κ1) is 21.5. The molecule has 1 saturated heterocycles. The highest BCUT2D eigenvalue weighted by Gasteiger charge is 2.31. The summed E-state index contributed by atoms with van der Waals surface area (Å²) >= 11 is 6.07. The van der Waals surface area contributed by atoms with Crippen LogP contribution < -0.4 is 0 Å². The van der Waals surface area contributed by atoms with Gasteiger partial charge < -0.3 is 4.90 Å². The topological polar surface area (TPSA) is 75.5 Å². The Hall–Kier alpha value is -2.68. The first-order valence-corrected chi connectivity index (χ1v) is 11.9. The van der Waals surface area contributed by atoms with Crippen molar-refractivity contribution < 1.29 is 13.2 Å². The van der Waals surface area contributed by atoms with Gasteiger partial charge in [0.15, 0.2) is 0 Å². The zero-order chi connectivity index (χ0) is 21.8. The maximum Gasteiger partial charge on any atom is 0.244 e. The van der Waals surface area contributed by atoms with Crippen molar-refractivity contribution in [3.8, 4) is 5.69 Å². The summed E-state index contributed by atoms with van der Waals surface area (Å²) < 4.78 is 28.9. The molecule has 7 nitrogen and oxygen atoms in total. The van der Waals surface area contributed by atoms with Crippen molar-refractivity contribution in [2.75, 3.05) is 26.2 Å². The van der Waals surface area contributed by atoms with Crippen LogP contribution in [0.2, 0.25) is 5.02 Å². The predicted octanol–water partition coefficient (Wildman–Crippen LogP) is 2.99. The van der Waals surface area contributed by atoms with Gasteiger partial charge in [0.05, 0.1) is 16.9 Å². The molecule has 9 heteroatoms. The molecule has 1 fully saturated rings. The number of aromatic nitrogens is 2. The molecule has 1 aromatic heterocycles. The monoisotopic (exact) mass is 458 g/mol. The van der Waals surface area contributed by atoms with E-state index in [4.69, 9.17) is 11.6 Å². The Kier molecular flexibility index (Phi) is 6.41. The van der Waals surface area contributed by atoms with Crippen LogP contribution in [0.5, 0.6) is 0 Å². The van der Waals surface area contributed by atoms with Crippen molar-refractivity contribution in [2.24, 2.45) is 0 Å².